The van der Waals surface area contributed by atoms with Crippen molar-refractivity contribution >= 4 is 52.6 Å². The largest absolute Gasteiger partial charge is 0.364 e. The Labute approximate surface area is 189 Å². The van der Waals surface area contributed by atoms with E-state index in [1.165, 1.54) is 0 Å². The highest BCUT2D eigenvalue weighted by Gasteiger charge is 2.32. The molecule has 0 saturated heterocycles. The third-order valence-electron chi connectivity index (χ3n) is 5.67. The van der Waals surface area contributed by atoms with Crippen molar-refractivity contribution in [1.82, 2.24) is 0 Å². The van der Waals surface area contributed by atoms with Crippen LogP contribution < -0.4 is 26.5 Å². The van der Waals surface area contributed by atoms with Crippen LogP contribution in [0.25, 0.3) is 10.8 Å². The SMILES string of the molecule is O=P(c1ccccc1)(c1ccccc1)c1cccc2cccc(P(O)c3ccccc3)c12. The zero-order chi connectivity index (χ0) is 22.0. The second-order valence-electron chi connectivity index (χ2n) is 7.58. The van der Waals surface area contributed by atoms with E-state index >= 15 is 4.57 Å². The first-order valence-electron chi connectivity index (χ1n) is 10.5. The maximum atomic E-state index is 15.1. The van der Waals surface area contributed by atoms with Gasteiger partial charge in [-0.05, 0) is 5.39 Å². The van der Waals surface area contributed by atoms with Crippen molar-refractivity contribution in [2.24, 2.45) is 0 Å². The van der Waals surface area contributed by atoms with Gasteiger partial charge in [-0.2, -0.15) is 0 Å². The maximum Gasteiger partial charge on any atom is 0.171 e. The molecule has 1 N–H and O–H groups in total. The molecule has 0 bridgehead atoms. The van der Waals surface area contributed by atoms with E-state index in [0.29, 0.717) is 0 Å². The predicted molar refractivity (Wildman–Crippen MR) is 138 cm³/mol. The summed E-state index contributed by atoms with van der Waals surface area (Å²) in [5.74, 6) is 0. The van der Waals surface area contributed by atoms with Gasteiger partial charge in [0.15, 0.2) is 7.14 Å². The summed E-state index contributed by atoms with van der Waals surface area (Å²) in [6, 6.07) is 41.0. The molecule has 0 aliphatic rings. The van der Waals surface area contributed by atoms with Gasteiger partial charge in [-0.15, -0.1) is 0 Å². The summed E-state index contributed by atoms with van der Waals surface area (Å²) >= 11 is 0. The van der Waals surface area contributed by atoms with Crippen molar-refractivity contribution in [3.63, 3.8) is 0 Å². The maximum absolute atomic E-state index is 15.1. The normalized spacial score (nSPS) is 12.5. The van der Waals surface area contributed by atoms with Gasteiger partial charge in [-0.3, -0.25) is 0 Å². The molecular formula is C28H22O2P2. The summed E-state index contributed by atoms with van der Waals surface area (Å²) in [5.41, 5.74) is 0. The van der Waals surface area contributed by atoms with Gasteiger partial charge in [0.1, 0.15) is 0 Å². The lowest BCUT2D eigenvalue weighted by atomic mass is 10.1. The van der Waals surface area contributed by atoms with Crippen LogP contribution in [0, 0.1) is 0 Å². The highest BCUT2D eigenvalue weighted by atomic mass is 31.2. The van der Waals surface area contributed by atoms with E-state index < -0.39 is 15.3 Å². The molecule has 0 heterocycles. The predicted octanol–water partition coefficient (Wildman–Crippen LogP) is 4.82. The molecule has 156 valence electrons. The van der Waals surface area contributed by atoms with Crippen LogP contribution in [0.1, 0.15) is 0 Å². The van der Waals surface area contributed by atoms with Gasteiger partial charge in [0.05, 0.1) is 8.15 Å². The second kappa shape index (κ2) is 8.85. The van der Waals surface area contributed by atoms with E-state index in [-0.39, 0.29) is 0 Å². The summed E-state index contributed by atoms with van der Waals surface area (Å²) in [4.78, 5) is 11.4. The molecule has 1 unspecified atom stereocenters. The molecule has 0 spiro atoms. The van der Waals surface area contributed by atoms with Crippen molar-refractivity contribution in [2.75, 3.05) is 0 Å². The average molecular weight is 452 g/mol. The minimum absolute atomic E-state index is 0.764. The molecule has 5 aromatic rings. The molecule has 5 rings (SSSR count). The van der Waals surface area contributed by atoms with Gasteiger partial charge < -0.3 is 9.46 Å². The summed E-state index contributed by atoms with van der Waals surface area (Å²) in [6.45, 7) is 0. The fraction of sp³-hybridized carbons (Fsp3) is 0. The van der Waals surface area contributed by atoms with Gasteiger partial charge in [-0.1, -0.05) is 127 Å². The van der Waals surface area contributed by atoms with E-state index in [9.17, 15) is 4.89 Å². The Morgan fingerprint density at radius 3 is 1.62 bits per heavy atom. The lowest BCUT2D eigenvalue weighted by Crippen LogP contribution is -2.28. The van der Waals surface area contributed by atoms with Crippen LogP contribution in [0.2, 0.25) is 0 Å². The lowest BCUT2D eigenvalue weighted by Gasteiger charge is -2.24. The average Bonchev–Trinajstić information content (AvgIpc) is 2.88. The molecule has 0 radical (unpaired) electrons. The van der Waals surface area contributed by atoms with Crippen LogP contribution >= 0.6 is 15.3 Å². The molecule has 1 atom stereocenters. The van der Waals surface area contributed by atoms with Crippen LogP contribution in [-0.2, 0) is 4.57 Å². The number of hydrogen-bond donors (Lipinski definition) is 1. The molecule has 0 saturated carbocycles. The Morgan fingerprint density at radius 1 is 0.562 bits per heavy atom. The first-order chi connectivity index (χ1) is 15.7. The van der Waals surface area contributed by atoms with Crippen LogP contribution in [0.15, 0.2) is 127 Å². The molecule has 0 aliphatic heterocycles. The molecular weight excluding hydrogens is 430 g/mol. The first-order valence-corrected chi connectivity index (χ1v) is 13.5. The third kappa shape index (κ3) is 3.61. The molecule has 2 nitrogen and oxygen atoms in total. The Balaban J connectivity index is 1.84. The van der Waals surface area contributed by atoms with Crippen molar-refractivity contribution in [3.05, 3.63) is 127 Å². The van der Waals surface area contributed by atoms with Crippen molar-refractivity contribution in [2.45, 2.75) is 0 Å². The van der Waals surface area contributed by atoms with Gasteiger partial charge in [0.2, 0.25) is 0 Å². The number of hydrogen-bond acceptors (Lipinski definition) is 2. The highest BCUT2D eigenvalue weighted by molar-refractivity contribution is 7.85. The molecule has 0 aromatic heterocycles. The second-order valence-corrected chi connectivity index (χ2v) is 11.9. The minimum Gasteiger partial charge on any atom is -0.364 e. The van der Waals surface area contributed by atoms with E-state index in [1.54, 1.807) is 0 Å². The van der Waals surface area contributed by atoms with Gasteiger partial charge >= 0.3 is 0 Å². The zero-order valence-electron chi connectivity index (χ0n) is 17.4. The summed E-state index contributed by atoms with van der Waals surface area (Å²) < 4.78 is 15.1. The number of benzene rings is 5. The van der Waals surface area contributed by atoms with Gasteiger partial charge in [-0.25, -0.2) is 0 Å². The molecule has 32 heavy (non-hydrogen) atoms. The quantitative estimate of drug-likeness (QED) is 0.389. The van der Waals surface area contributed by atoms with Crippen LogP contribution in [-0.4, -0.2) is 4.89 Å². The topological polar surface area (TPSA) is 37.3 Å². The standard InChI is InChI=1S/C28H22O2P2/c29-31(23-14-4-1-5-15-23)26-20-10-12-22-13-11-21-27(28(22)26)32(30,24-16-6-2-7-17-24)25-18-8-3-9-19-25/h1-21,29H. The third-order valence-corrected chi connectivity index (χ3v) is 10.4. The fourth-order valence-corrected chi connectivity index (χ4v) is 8.56. The van der Waals surface area contributed by atoms with E-state index in [2.05, 4.69) is 0 Å². The van der Waals surface area contributed by atoms with Crippen molar-refractivity contribution < 1.29 is 9.46 Å². The molecule has 0 amide bonds. The Morgan fingerprint density at radius 2 is 1.06 bits per heavy atom. The minimum atomic E-state index is -3.18. The van der Waals surface area contributed by atoms with Crippen LogP contribution in [0.3, 0.4) is 0 Å². The highest BCUT2D eigenvalue weighted by Crippen LogP contribution is 2.45. The summed E-state index contributed by atoms with van der Waals surface area (Å²) in [5, 5.41) is 5.89. The molecule has 0 aliphatic carbocycles. The lowest BCUT2D eigenvalue weighted by molar-refractivity contribution is 0.592. The molecule has 0 fully saturated rings. The van der Waals surface area contributed by atoms with Crippen molar-refractivity contribution in [1.29, 1.82) is 0 Å². The van der Waals surface area contributed by atoms with E-state index in [1.807, 2.05) is 127 Å². The fourth-order valence-electron chi connectivity index (χ4n) is 4.15. The smallest absolute Gasteiger partial charge is 0.171 e. The van der Waals surface area contributed by atoms with E-state index in [4.69, 9.17) is 0 Å². The van der Waals surface area contributed by atoms with E-state index in [0.717, 1.165) is 37.3 Å². The van der Waals surface area contributed by atoms with Gasteiger partial charge in [0.25, 0.3) is 0 Å². The molecule has 5 aromatic carbocycles. The van der Waals surface area contributed by atoms with Gasteiger partial charge in [0, 0.05) is 31.9 Å². The number of rotatable bonds is 5. The number of fused-ring (bicyclic) bond motifs is 1. The van der Waals surface area contributed by atoms with Crippen LogP contribution in [0.5, 0.6) is 0 Å². The Hall–Kier alpha value is -3.02. The Kier molecular flexibility index (Phi) is 5.77. The molecule has 4 heteroatoms. The van der Waals surface area contributed by atoms with Crippen molar-refractivity contribution in [3.8, 4) is 0 Å². The summed E-state index contributed by atoms with van der Waals surface area (Å²) in [6.07, 6.45) is 0. The Bertz CT molecular complexity index is 1350. The van der Waals surface area contributed by atoms with Crippen LogP contribution in [0.4, 0.5) is 0 Å². The zero-order valence-corrected chi connectivity index (χ0v) is 19.2. The first kappa shape index (κ1) is 20.9. The monoisotopic (exact) mass is 452 g/mol. The summed E-state index contributed by atoms with van der Waals surface area (Å²) in [7, 11) is -4.77.